The SMILES string of the molecule is CC(=O)NC1CC[C]([C@H]2CC[C@H](N(C)C(C)=O)CC2)CC1. The zero-order chi connectivity index (χ0) is 15.4. The van der Waals surface area contributed by atoms with Gasteiger partial charge in [-0.15, -0.1) is 0 Å². The molecule has 0 saturated heterocycles. The zero-order valence-corrected chi connectivity index (χ0v) is 13.7. The number of amides is 2. The summed E-state index contributed by atoms with van der Waals surface area (Å²) >= 11 is 0. The van der Waals surface area contributed by atoms with Gasteiger partial charge in [-0.1, -0.05) is 0 Å². The highest BCUT2D eigenvalue weighted by atomic mass is 16.2. The smallest absolute Gasteiger partial charge is 0.219 e. The largest absolute Gasteiger partial charge is 0.354 e. The maximum absolute atomic E-state index is 11.4. The predicted octanol–water partition coefficient (Wildman–Crippen LogP) is 2.68. The molecule has 0 spiro atoms. The second-order valence-corrected chi connectivity index (χ2v) is 6.77. The monoisotopic (exact) mass is 293 g/mol. The van der Waals surface area contributed by atoms with E-state index in [9.17, 15) is 9.59 Å². The van der Waals surface area contributed by atoms with E-state index in [4.69, 9.17) is 0 Å². The number of carbonyl (C=O) groups is 2. The maximum atomic E-state index is 11.4. The number of nitrogens with zero attached hydrogens (tertiary/aromatic N) is 1. The summed E-state index contributed by atoms with van der Waals surface area (Å²) in [5.74, 6) is 2.73. The summed E-state index contributed by atoms with van der Waals surface area (Å²) in [4.78, 5) is 24.4. The predicted molar refractivity (Wildman–Crippen MR) is 83.5 cm³/mol. The Labute approximate surface area is 128 Å². The van der Waals surface area contributed by atoms with Crippen molar-refractivity contribution in [2.75, 3.05) is 7.05 Å². The molecule has 2 rings (SSSR count). The van der Waals surface area contributed by atoms with Gasteiger partial charge < -0.3 is 10.2 Å². The molecule has 0 aromatic heterocycles. The van der Waals surface area contributed by atoms with E-state index < -0.39 is 0 Å². The minimum absolute atomic E-state index is 0.0937. The lowest BCUT2D eigenvalue weighted by Crippen LogP contribution is -2.40. The van der Waals surface area contributed by atoms with Crippen LogP contribution < -0.4 is 5.32 Å². The molecule has 0 aliphatic heterocycles. The van der Waals surface area contributed by atoms with Crippen LogP contribution in [0.15, 0.2) is 0 Å². The Morgan fingerprint density at radius 2 is 1.57 bits per heavy atom. The summed E-state index contributed by atoms with van der Waals surface area (Å²) < 4.78 is 0. The van der Waals surface area contributed by atoms with Gasteiger partial charge in [0.2, 0.25) is 11.8 Å². The number of carbonyl (C=O) groups excluding carboxylic acids is 2. The van der Waals surface area contributed by atoms with Crippen molar-refractivity contribution >= 4 is 11.8 Å². The Balaban J connectivity index is 1.74. The molecule has 4 heteroatoms. The van der Waals surface area contributed by atoms with Crippen molar-refractivity contribution in [3.8, 4) is 0 Å². The van der Waals surface area contributed by atoms with Gasteiger partial charge in [0, 0.05) is 33.0 Å². The van der Waals surface area contributed by atoms with E-state index in [0.717, 1.165) is 31.6 Å². The normalized spacial score (nSPS) is 28.1. The summed E-state index contributed by atoms with van der Waals surface area (Å²) in [6.07, 6.45) is 9.26. The van der Waals surface area contributed by atoms with E-state index in [1.54, 1.807) is 19.8 Å². The van der Waals surface area contributed by atoms with Gasteiger partial charge in [0.1, 0.15) is 0 Å². The average molecular weight is 293 g/mol. The van der Waals surface area contributed by atoms with Gasteiger partial charge in [0.15, 0.2) is 0 Å². The third-order valence-corrected chi connectivity index (χ3v) is 5.35. The first-order valence-electron chi connectivity index (χ1n) is 8.32. The van der Waals surface area contributed by atoms with Crippen molar-refractivity contribution in [1.82, 2.24) is 10.2 Å². The first-order valence-corrected chi connectivity index (χ1v) is 8.32. The van der Waals surface area contributed by atoms with Gasteiger partial charge in [0.05, 0.1) is 0 Å². The van der Waals surface area contributed by atoms with E-state index in [0.29, 0.717) is 12.1 Å². The third kappa shape index (κ3) is 4.45. The van der Waals surface area contributed by atoms with Gasteiger partial charge in [-0.25, -0.2) is 0 Å². The van der Waals surface area contributed by atoms with Crippen LogP contribution in [0, 0.1) is 11.8 Å². The van der Waals surface area contributed by atoms with Crippen molar-refractivity contribution in [1.29, 1.82) is 0 Å². The van der Waals surface area contributed by atoms with Crippen molar-refractivity contribution < 1.29 is 9.59 Å². The van der Waals surface area contributed by atoms with Crippen LogP contribution in [0.4, 0.5) is 0 Å². The molecule has 2 saturated carbocycles. The average Bonchev–Trinajstić information content (AvgIpc) is 2.47. The van der Waals surface area contributed by atoms with E-state index in [1.807, 2.05) is 11.9 Å². The summed E-state index contributed by atoms with van der Waals surface area (Å²) in [6, 6.07) is 0.821. The van der Waals surface area contributed by atoms with Crippen molar-refractivity contribution in [2.24, 2.45) is 5.92 Å². The van der Waals surface area contributed by atoms with Crippen LogP contribution in [-0.4, -0.2) is 35.8 Å². The Bertz CT molecular complexity index is 367. The van der Waals surface area contributed by atoms with Crippen LogP contribution in [0.1, 0.15) is 65.2 Å². The van der Waals surface area contributed by atoms with Crippen molar-refractivity contribution in [3.05, 3.63) is 5.92 Å². The molecule has 2 amide bonds. The second kappa shape index (κ2) is 7.28. The molecule has 2 aliphatic rings. The summed E-state index contributed by atoms with van der Waals surface area (Å²) in [6.45, 7) is 3.26. The van der Waals surface area contributed by atoms with Gasteiger partial charge in [-0.05, 0) is 63.2 Å². The van der Waals surface area contributed by atoms with Crippen LogP contribution in [0.25, 0.3) is 0 Å². The van der Waals surface area contributed by atoms with E-state index in [-0.39, 0.29) is 11.8 Å². The number of rotatable bonds is 3. The fraction of sp³-hybridized carbons (Fsp3) is 0.824. The molecule has 1 N–H and O–H groups in total. The molecule has 0 aromatic rings. The highest BCUT2D eigenvalue weighted by molar-refractivity contribution is 5.73. The first kappa shape index (κ1) is 16.3. The minimum atomic E-state index is 0.0937. The standard InChI is InChI=1S/C17H29N2O2/c1-12(20)18-16-8-4-14(5-9-16)15-6-10-17(11-7-15)19(3)13(2)21/h15-17H,4-11H2,1-3H3,(H,18,20)/t15-,17-. The molecule has 21 heavy (non-hydrogen) atoms. The molecular formula is C17H29N2O2. The molecule has 2 aliphatic carbocycles. The minimum Gasteiger partial charge on any atom is -0.354 e. The quantitative estimate of drug-likeness (QED) is 0.869. The topological polar surface area (TPSA) is 49.4 Å². The Morgan fingerprint density at radius 1 is 1.00 bits per heavy atom. The zero-order valence-electron chi connectivity index (χ0n) is 13.7. The highest BCUT2D eigenvalue weighted by Crippen LogP contribution is 2.40. The molecule has 0 bridgehead atoms. The number of hydrogen-bond acceptors (Lipinski definition) is 2. The van der Waals surface area contributed by atoms with E-state index in [2.05, 4.69) is 5.32 Å². The molecule has 1 radical (unpaired) electrons. The second-order valence-electron chi connectivity index (χ2n) is 6.77. The third-order valence-electron chi connectivity index (χ3n) is 5.35. The fourth-order valence-corrected chi connectivity index (χ4v) is 3.96. The van der Waals surface area contributed by atoms with Crippen LogP contribution in [-0.2, 0) is 9.59 Å². The Hall–Kier alpha value is -1.06. The van der Waals surface area contributed by atoms with Crippen LogP contribution in [0.3, 0.4) is 0 Å². The lowest BCUT2D eigenvalue weighted by molar-refractivity contribution is -0.130. The lowest BCUT2D eigenvalue weighted by atomic mass is 9.71. The summed E-state index contributed by atoms with van der Waals surface area (Å²) in [7, 11) is 1.93. The number of nitrogens with one attached hydrogen (secondary N) is 1. The Morgan fingerprint density at radius 3 is 2.05 bits per heavy atom. The Kier molecular flexibility index (Phi) is 5.65. The van der Waals surface area contributed by atoms with Crippen molar-refractivity contribution in [2.45, 2.75) is 77.3 Å². The van der Waals surface area contributed by atoms with E-state index >= 15 is 0 Å². The molecule has 0 unspecified atom stereocenters. The summed E-state index contributed by atoms with van der Waals surface area (Å²) in [5.41, 5.74) is 0. The van der Waals surface area contributed by atoms with Gasteiger partial charge >= 0.3 is 0 Å². The van der Waals surface area contributed by atoms with Crippen LogP contribution >= 0.6 is 0 Å². The maximum Gasteiger partial charge on any atom is 0.219 e. The van der Waals surface area contributed by atoms with Crippen molar-refractivity contribution in [3.63, 3.8) is 0 Å². The van der Waals surface area contributed by atoms with Gasteiger partial charge in [0.25, 0.3) is 0 Å². The van der Waals surface area contributed by atoms with E-state index in [1.165, 1.54) is 25.7 Å². The first-order chi connectivity index (χ1) is 9.97. The molecule has 0 atom stereocenters. The molecule has 0 aromatic carbocycles. The van der Waals surface area contributed by atoms with Gasteiger partial charge in [-0.2, -0.15) is 0 Å². The molecule has 2 fully saturated rings. The van der Waals surface area contributed by atoms with Gasteiger partial charge in [-0.3, -0.25) is 9.59 Å². The fourth-order valence-electron chi connectivity index (χ4n) is 3.96. The summed E-state index contributed by atoms with van der Waals surface area (Å²) in [5, 5.41) is 3.04. The lowest BCUT2D eigenvalue weighted by Gasteiger charge is -2.39. The molecular weight excluding hydrogens is 264 g/mol. The molecule has 4 nitrogen and oxygen atoms in total. The number of hydrogen-bond donors (Lipinski definition) is 1. The molecule has 119 valence electrons. The molecule has 0 heterocycles. The van der Waals surface area contributed by atoms with Crippen LogP contribution in [0.5, 0.6) is 0 Å². The highest BCUT2D eigenvalue weighted by Gasteiger charge is 2.32. The van der Waals surface area contributed by atoms with Crippen LogP contribution in [0.2, 0.25) is 0 Å².